The molecule has 0 atom stereocenters. The van der Waals surface area contributed by atoms with E-state index >= 15 is 0 Å². The molecule has 2 aromatic carbocycles. The maximum Gasteiger partial charge on any atom is 0.338 e. The van der Waals surface area contributed by atoms with Crippen molar-refractivity contribution >= 4 is 35.2 Å². The van der Waals surface area contributed by atoms with Crippen molar-refractivity contribution in [1.29, 1.82) is 0 Å². The van der Waals surface area contributed by atoms with Crippen LogP contribution in [-0.2, 0) is 16.1 Å². The van der Waals surface area contributed by atoms with E-state index in [4.69, 9.17) is 23.4 Å². The van der Waals surface area contributed by atoms with Crippen molar-refractivity contribution in [2.75, 3.05) is 39.0 Å². The molecule has 2 N–H and O–H groups in total. The molecule has 3 aromatic rings. The number of methoxy groups -OCH3 is 3. The predicted octanol–water partition coefficient (Wildman–Crippen LogP) is 2.93. The highest BCUT2D eigenvalue weighted by Crippen LogP contribution is 2.38. The monoisotopic (exact) mass is 530 g/mol. The van der Waals surface area contributed by atoms with Gasteiger partial charge in [0.2, 0.25) is 17.5 Å². The number of esters is 1. The molecule has 37 heavy (non-hydrogen) atoms. The summed E-state index contributed by atoms with van der Waals surface area (Å²) in [6.45, 7) is 1.98. The van der Waals surface area contributed by atoms with Gasteiger partial charge in [-0.2, -0.15) is 0 Å². The lowest BCUT2D eigenvalue weighted by molar-refractivity contribution is -0.113. The van der Waals surface area contributed by atoms with E-state index in [-0.39, 0.29) is 41.5 Å². The molecule has 0 unspecified atom stereocenters. The highest BCUT2D eigenvalue weighted by Gasteiger charge is 2.18. The van der Waals surface area contributed by atoms with Gasteiger partial charge in [0, 0.05) is 11.3 Å². The van der Waals surface area contributed by atoms with Crippen LogP contribution in [-0.4, -0.2) is 61.7 Å². The van der Waals surface area contributed by atoms with Crippen LogP contribution in [0.2, 0.25) is 0 Å². The molecule has 1 heterocycles. The molecular weight excluding hydrogens is 504 g/mol. The largest absolute Gasteiger partial charge is 0.493 e. The smallest absolute Gasteiger partial charge is 0.338 e. The Morgan fingerprint density at radius 1 is 0.946 bits per heavy atom. The average Bonchev–Trinajstić information content (AvgIpc) is 3.38. The molecular formula is C24H26N4O8S. The van der Waals surface area contributed by atoms with Gasteiger partial charge in [-0.1, -0.05) is 11.8 Å². The van der Waals surface area contributed by atoms with Crippen molar-refractivity contribution in [1.82, 2.24) is 15.5 Å². The van der Waals surface area contributed by atoms with Crippen LogP contribution in [0.5, 0.6) is 17.2 Å². The molecule has 0 saturated heterocycles. The Hall–Kier alpha value is -4.26. The molecule has 0 aliphatic carbocycles. The highest BCUT2D eigenvalue weighted by atomic mass is 32.2. The molecule has 2 amide bonds. The third-order valence-electron chi connectivity index (χ3n) is 4.78. The van der Waals surface area contributed by atoms with Crippen LogP contribution in [0.4, 0.5) is 5.69 Å². The third-order valence-corrected chi connectivity index (χ3v) is 5.60. The number of aromatic nitrogens is 2. The van der Waals surface area contributed by atoms with Crippen molar-refractivity contribution in [2.45, 2.75) is 18.7 Å². The maximum absolute atomic E-state index is 12.6. The van der Waals surface area contributed by atoms with E-state index in [1.807, 2.05) is 0 Å². The van der Waals surface area contributed by atoms with Crippen LogP contribution >= 0.6 is 11.8 Å². The second-order valence-electron chi connectivity index (χ2n) is 7.19. The van der Waals surface area contributed by atoms with Crippen molar-refractivity contribution in [3.8, 4) is 17.2 Å². The number of nitrogens with zero attached hydrogens (tertiary/aromatic N) is 2. The zero-order valence-electron chi connectivity index (χ0n) is 20.7. The van der Waals surface area contributed by atoms with Gasteiger partial charge in [-0.25, -0.2) is 4.79 Å². The number of thioether (sulfide) groups is 1. The molecule has 0 spiro atoms. The first-order valence-corrected chi connectivity index (χ1v) is 12.0. The molecule has 13 heteroatoms. The van der Waals surface area contributed by atoms with Gasteiger partial charge in [-0.15, -0.1) is 10.2 Å². The number of hydrogen-bond acceptors (Lipinski definition) is 11. The Labute approximate surface area is 217 Å². The maximum atomic E-state index is 12.6. The minimum absolute atomic E-state index is 0.0130. The fraction of sp³-hybridized carbons (Fsp3) is 0.292. The molecule has 0 fully saturated rings. The number of anilines is 1. The first-order valence-electron chi connectivity index (χ1n) is 11.0. The Morgan fingerprint density at radius 2 is 1.62 bits per heavy atom. The predicted molar refractivity (Wildman–Crippen MR) is 133 cm³/mol. The first kappa shape index (κ1) is 27.3. The lowest BCUT2D eigenvalue weighted by Crippen LogP contribution is -2.23. The summed E-state index contributed by atoms with van der Waals surface area (Å²) in [4.78, 5) is 36.5. The van der Waals surface area contributed by atoms with Gasteiger partial charge in [-0.3, -0.25) is 9.59 Å². The van der Waals surface area contributed by atoms with Crippen LogP contribution in [0.15, 0.2) is 46.0 Å². The van der Waals surface area contributed by atoms with Gasteiger partial charge in [0.1, 0.15) is 0 Å². The highest BCUT2D eigenvalue weighted by molar-refractivity contribution is 7.99. The van der Waals surface area contributed by atoms with E-state index in [9.17, 15) is 14.4 Å². The molecule has 12 nitrogen and oxygen atoms in total. The third kappa shape index (κ3) is 7.36. The molecule has 0 aliphatic heterocycles. The van der Waals surface area contributed by atoms with Crippen LogP contribution in [0.3, 0.4) is 0 Å². The molecule has 0 bridgehead atoms. The normalized spacial score (nSPS) is 10.4. The van der Waals surface area contributed by atoms with Crippen LogP contribution in [0, 0.1) is 0 Å². The quantitative estimate of drug-likeness (QED) is 0.263. The summed E-state index contributed by atoms with van der Waals surface area (Å²) >= 11 is 1.04. The van der Waals surface area contributed by atoms with E-state index in [2.05, 4.69) is 20.8 Å². The number of amides is 2. The lowest BCUT2D eigenvalue weighted by atomic mass is 10.1. The number of rotatable bonds is 12. The van der Waals surface area contributed by atoms with Crippen molar-refractivity contribution in [3.05, 3.63) is 53.4 Å². The van der Waals surface area contributed by atoms with Gasteiger partial charge in [-0.05, 0) is 43.3 Å². The van der Waals surface area contributed by atoms with Crippen LogP contribution in [0.1, 0.15) is 33.5 Å². The Balaban J connectivity index is 1.49. The van der Waals surface area contributed by atoms with Gasteiger partial charge in [0.25, 0.3) is 11.1 Å². The number of hydrogen-bond donors (Lipinski definition) is 2. The van der Waals surface area contributed by atoms with Crippen molar-refractivity contribution in [2.24, 2.45) is 0 Å². The second-order valence-corrected chi connectivity index (χ2v) is 8.12. The number of carbonyl (C=O) groups excluding carboxylic acids is 3. The minimum Gasteiger partial charge on any atom is -0.493 e. The van der Waals surface area contributed by atoms with E-state index in [0.717, 1.165) is 11.8 Å². The molecule has 0 saturated carbocycles. The Morgan fingerprint density at radius 3 is 2.22 bits per heavy atom. The Bertz CT molecular complexity index is 1220. The summed E-state index contributed by atoms with van der Waals surface area (Å²) in [5, 5.41) is 13.3. The van der Waals surface area contributed by atoms with E-state index in [1.54, 1.807) is 31.2 Å². The van der Waals surface area contributed by atoms with Gasteiger partial charge in [0.15, 0.2) is 11.5 Å². The molecule has 0 radical (unpaired) electrons. The summed E-state index contributed by atoms with van der Waals surface area (Å²) in [5.41, 5.74) is 1.21. The molecule has 1 aromatic heterocycles. The topological polar surface area (TPSA) is 151 Å². The number of ether oxygens (including phenoxy) is 4. The Kier molecular flexibility index (Phi) is 9.72. The summed E-state index contributed by atoms with van der Waals surface area (Å²) in [5.74, 6) is 0.0931. The summed E-state index contributed by atoms with van der Waals surface area (Å²) in [7, 11) is 4.39. The fourth-order valence-electron chi connectivity index (χ4n) is 3.07. The standard InChI is InChI=1S/C24H26N4O8S/c1-5-35-23(31)14-6-8-16(9-7-14)26-19(29)13-37-24-28-27-20(36-24)12-25-22(30)15-10-17(32-2)21(34-4)18(11-15)33-3/h6-11H,5,12-13H2,1-4H3,(H,25,30)(H,26,29). The average molecular weight is 531 g/mol. The van der Waals surface area contributed by atoms with E-state index < -0.39 is 11.9 Å². The molecule has 0 aliphatic rings. The number of nitrogens with one attached hydrogen (secondary N) is 2. The zero-order valence-corrected chi connectivity index (χ0v) is 21.5. The summed E-state index contributed by atoms with van der Waals surface area (Å²) in [6, 6.07) is 9.39. The second kappa shape index (κ2) is 13.2. The van der Waals surface area contributed by atoms with Crippen molar-refractivity contribution < 1.29 is 37.7 Å². The van der Waals surface area contributed by atoms with Gasteiger partial charge >= 0.3 is 5.97 Å². The fourth-order valence-corrected chi connectivity index (χ4v) is 3.65. The SMILES string of the molecule is CCOC(=O)c1ccc(NC(=O)CSc2nnc(CNC(=O)c3cc(OC)c(OC)c(OC)c3)o2)cc1. The van der Waals surface area contributed by atoms with E-state index in [0.29, 0.717) is 28.5 Å². The van der Waals surface area contributed by atoms with Gasteiger partial charge in [0.05, 0.1) is 45.8 Å². The van der Waals surface area contributed by atoms with E-state index in [1.165, 1.54) is 33.5 Å². The minimum atomic E-state index is -0.428. The molecule has 196 valence electrons. The lowest BCUT2D eigenvalue weighted by Gasteiger charge is -2.13. The van der Waals surface area contributed by atoms with Crippen LogP contribution in [0.25, 0.3) is 0 Å². The van der Waals surface area contributed by atoms with Crippen LogP contribution < -0.4 is 24.8 Å². The number of carbonyl (C=O) groups is 3. The summed E-state index contributed by atoms with van der Waals surface area (Å²) < 4.78 is 26.2. The zero-order chi connectivity index (χ0) is 26.8. The van der Waals surface area contributed by atoms with Gasteiger partial charge < -0.3 is 34.0 Å². The van der Waals surface area contributed by atoms with Crippen molar-refractivity contribution in [3.63, 3.8) is 0 Å². The molecule has 3 rings (SSSR count). The summed E-state index contributed by atoms with van der Waals surface area (Å²) in [6.07, 6.45) is 0. The number of benzene rings is 2. The first-order chi connectivity index (χ1) is 17.9.